The highest BCUT2D eigenvalue weighted by atomic mass is 32.2. The highest BCUT2D eigenvalue weighted by molar-refractivity contribution is 7.88. The molecule has 1 saturated heterocycles. The van der Waals surface area contributed by atoms with Crippen LogP contribution in [0.5, 0.6) is 5.75 Å². The van der Waals surface area contributed by atoms with Crippen molar-refractivity contribution in [2.24, 2.45) is 0 Å². The fourth-order valence-corrected chi connectivity index (χ4v) is 6.09. The number of aromatic nitrogens is 2. The highest BCUT2D eigenvalue weighted by Crippen LogP contribution is 2.42. The van der Waals surface area contributed by atoms with Crippen LogP contribution in [0.2, 0.25) is 0 Å². The number of likely N-dealkylation sites (tertiary alicyclic amines) is 1. The molecule has 2 aromatic rings. The number of fused-ring (bicyclic) bond motifs is 2. The van der Waals surface area contributed by atoms with E-state index in [1.54, 1.807) is 11.4 Å². The molecule has 3 heterocycles. The van der Waals surface area contributed by atoms with Gasteiger partial charge >= 0.3 is 0 Å². The Labute approximate surface area is 177 Å². The molecule has 30 heavy (non-hydrogen) atoms. The van der Waals surface area contributed by atoms with E-state index in [9.17, 15) is 13.2 Å². The van der Waals surface area contributed by atoms with Crippen molar-refractivity contribution in [1.29, 1.82) is 0 Å². The van der Waals surface area contributed by atoms with Gasteiger partial charge in [-0.05, 0) is 37.5 Å². The summed E-state index contributed by atoms with van der Waals surface area (Å²) in [7, 11) is -1.79. The molecule has 0 bridgehead atoms. The van der Waals surface area contributed by atoms with Crippen molar-refractivity contribution >= 4 is 15.9 Å². The first-order valence-electron chi connectivity index (χ1n) is 10.2. The lowest BCUT2D eigenvalue weighted by molar-refractivity contribution is -0.133. The van der Waals surface area contributed by atoms with Gasteiger partial charge in [0.15, 0.2) is 0 Å². The summed E-state index contributed by atoms with van der Waals surface area (Å²) >= 11 is 0. The first kappa shape index (κ1) is 20.9. The van der Waals surface area contributed by atoms with E-state index in [1.807, 2.05) is 42.3 Å². The minimum Gasteiger partial charge on any atom is -0.497 e. The van der Waals surface area contributed by atoms with Crippen LogP contribution in [-0.2, 0) is 33.3 Å². The van der Waals surface area contributed by atoms with Gasteiger partial charge in [-0.15, -0.1) is 0 Å². The molecule has 1 amide bonds. The summed E-state index contributed by atoms with van der Waals surface area (Å²) in [6, 6.07) is 7.51. The third-order valence-corrected chi connectivity index (χ3v) is 7.64. The Kier molecular flexibility index (Phi) is 5.36. The molecule has 0 unspecified atom stereocenters. The largest absolute Gasteiger partial charge is 0.497 e. The molecule has 0 atom stereocenters. The normalized spacial score (nSPS) is 19.0. The number of carbonyl (C=O) groups is 1. The lowest BCUT2D eigenvalue weighted by atomic mass is 9.85. The van der Waals surface area contributed by atoms with Crippen molar-refractivity contribution < 1.29 is 17.9 Å². The standard InChI is InChI=1S/C21H28N4O4S/c1-16-15-22-20-21(25(30(3,27)28)12-11-24(16)20)7-9-23(10-8-21)19(26)14-17-5-4-6-18(13-17)29-2/h4-6,13,15H,7-12,14H2,1-3H3. The zero-order valence-electron chi connectivity index (χ0n) is 17.7. The van der Waals surface area contributed by atoms with E-state index in [0.717, 1.165) is 22.8 Å². The van der Waals surface area contributed by atoms with E-state index >= 15 is 0 Å². The number of amides is 1. The van der Waals surface area contributed by atoms with Crippen LogP contribution in [-0.4, -0.2) is 66.1 Å². The Morgan fingerprint density at radius 3 is 2.60 bits per heavy atom. The molecular formula is C21H28N4O4S. The van der Waals surface area contributed by atoms with Crippen molar-refractivity contribution in [3.63, 3.8) is 0 Å². The van der Waals surface area contributed by atoms with Gasteiger partial charge in [-0.1, -0.05) is 12.1 Å². The van der Waals surface area contributed by atoms with Crippen LogP contribution in [0.4, 0.5) is 0 Å². The van der Waals surface area contributed by atoms with Gasteiger partial charge in [-0.2, -0.15) is 4.31 Å². The number of aryl methyl sites for hydroxylation is 1. The van der Waals surface area contributed by atoms with Crippen molar-refractivity contribution in [3.8, 4) is 5.75 Å². The number of piperidine rings is 1. The summed E-state index contributed by atoms with van der Waals surface area (Å²) in [5, 5.41) is 0. The molecule has 8 nitrogen and oxygen atoms in total. The summed E-state index contributed by atoms with van der Waals surface area (Å²) in [4.78, 5) is 19.3. The number of hydrogen-bond acceptors (Lipinski definition) is 5. The fourth-order valence-electron chi connectivity index (χ4n) is 4.78. The van der Waals surface area contributed by atoms with E-state index in [-0.39, 0.29) is 5.91 Å². The third kappa shape index (κ3) is 3.60. The van der Waals surface area contributed by atoms with Crippen LogP contribution in [0.1, 0.15) is 29.9 Å². The fraction of sp³-hybridized carbons (Fsp3) is 0.524. The average Bonchev–Trinajstić information content (AvgIpc) is 3.10. The van der Waals surface area contributed by atoms with Crippen LogP contribution < -0.4 is 4.74 Å². The Balaban J connectivity index is 1.54. The summed E-state index contributed by atoms with van der Waals surface area (Å²) in [6.07, 6.45) is 4.46. The van der Waals surface area contributed by atoms with Crippen molar-refractivity contribution in [1.82, 2.24) is 18.8 Å². The molecule has 2 aliphatic heterocycles. The molecule has 1 aromatic carbocycles. The van der Waals surface area contributed by atoms with Gasteiger partial charge in [0.1, 0.15) is 11.6 Å². The van der Waals surface area contributed by atoms with Crippen molar-refractivity contribution in [2.45, 2.75) is 38.3 Å². The van der Waals surface area contributed by atoms with Crippen LogP contribution in [0.15, 0.2) is 30.5 Å². The second kappa shape index (κ2) is 7.70. The lowest BCUT2D eigenvalue weighted by Crippen LogP contribution is -2.59. The molecule has 0 aliphatic carbocycles. The number of methoxy groups -OCH3 is 1. The first-order valence-corrected chi connectivity index (χ1v) is 12.0. The maximum absolute atomic E-state index is 12.9. The van der Waals surface area contributed by atoms with Crippen LogP contribution in [0, 0.1) is 6.92 Å². The monoisotopic (exact) mass is 432 g/mol. The molecule has 1 fully saturated rings. The zero-order chi connectivity index (χ0) is 21.5. The lowest BCUT2D eigenvalue weighted by Gasteiger charge is -2.49. The van der Waals surface area contributed by atoms with E-state index in [2.05, 4.69) is 9.55 Å². The van der Waals surface area contributed by atoms with E-state index in [0.29, 0.717) is 45.4 Å². The summed E-state index contributed by atoms with van der Waals surface area (Å²) in [5.41, 5.74) is 1.25. The molecular weight excluding hydrogens is 404 g/mol. The van der Waals surface area contributed by atoms with Crippen molar-refractivity contribution in [2.75, 3.05) is 33.0 Å². The van der Waals surface area contributed by atoms with E-state index in [1.165, 1.54) is 6.26 Å². The second-order valence-corrected chi connectivity index (χ2v) is 10.1. The Morgan fingerprint density at radius 2 is 1.93 bits per heavy atom. The number of hydrogen-bond donors (Lipinski definition) is 0. The summed E-state index contributed by atoms with van der Waals surface area (Å²) in [5.74, 6) is 1.57. The predicted molar refractivity (Wildman–Crippen MR) is 113 cm³/mol. The highest BCUT2D eigenvalue weighted by Gasteiger charge is 2.51. The smallest absolute Gasteiger partial charge is 0.226 e. The van der Waals surface area contributed by atoms with Gasteiger partial charge < -0.3 is 14.2 Å². The van der Waals surface area contributed by atoms with Gasteiger partial charge in [0.25, 0.3) is 0 Å². The minimum atomic E-state index is -3.40. The van der Waals surface area contributed by atoms with Gasteiger partial charge in [0, 0.05) is 38.1 Å². The van der Waals surface area contributed by atoms with E-state index in [4.69, 9.17) is 4.74 Å². The maximum atomic E-state index is 12.9. The van der Waals surface area contributed by atoms with E-state index < -0.39 is 15.6 Å². The molecule has 0 saturated carbocycles. The number of imidazole rings is 1. The number of sulfonamides is 1. The van der Waals surface area contributed by atoms with Crippen LogP contribution >= 0.6 is 0 Å². The van der Waals surface area contributed by atoms with Gasteiger partial charge in [0.05, 0.1) is 25.3 Å². The second-order valence-electron chi connectivity index (χ2n) is 8.15. The molecule has 1 aromatic heterocycles. The SMILES string of the molecule is COc1cccc(CC(=O)N2CCC3(CC2)c2ncc(C)n2CCN3S(C)(=O)=O)c1. The molecule has 0 radical (unpaired) electrons. The molecule has 2 aliphatic rings. The Hall–Kier alpha value is -2.39. The van der Waals surface area contributed by atoms with Gasteiger partial charge in [-0.25, -0.2) is 13.4 Å². The number of carbonyl (C=O) groups excluding carboxylic acids is 1. The zero-order valence-corrected chi connectivity index (χ0v) is 18.5. The molecule has 4 rings (SSSR count). The Bertz CT molecular complexity index is 1050. The average molecular weight is 433 g/mol. The number of benzene rings is 1. The number of ether oxygens (including phenoxy) is 1. The maximum Gasteiger partial charge on any atom is 0.226 e. The molecule has 0 N–H and O–H groups in total. The van der Waals surface area contributed by atoms with Gasteiger partial charge in [0.2, 0.25) is 15.9 Å². The van der Waals surface area contributed by atoms with Crippen molar-refractivity contribution in [3.05, 3.63) is 47.5 Å². The number of rotatable bonds is 4. The minimum absolute atomic E-state index is 0.0411. The topological polar surface area (TPSA) is 84.7 Å². The summed E-state index contributed by atoms with van der Waals surface area (Å²) in [6.45, 7) is 4.03. The quantitative estimate of drug-likeness (QED) is 0.732. The molecule has 162 valence electrons. The van der Waals surface area contributed by atoms with Crippen LogP contribution in [0.3, 0.4) is 0 Å². The van der Waals surface area contributed by atoms with Gasteiger partial charge in [-0.3, -0.25) is 4.79 Å². The molecule has 1 spiro atoms. The first-order chi connectivity index (χ1) is 14.2. The summed E-state index contributed by atoms with van der Waals surface area (Å²) < 4.78 is 34.1. The van der Waals surface area contributed by atoms with Crippen LogP contribution in [0.25, 0.3) is 0 Å². The third-order valence-electron chi connectivity index (χ3n) is 6.31. The predicted octanol–water partition coefficient (Wildman–Crippen LogP) is 1.54. The molecule has 9 heteroatoms. The number of nitrogens with zero attached hydrogens (tertiary/aromatic N) is 4. The Morgan fingerprint density at radius 1 is 1.20 bits per heavy atom.